The molecule has 2 aliphatic rings. The highest BCUT2D eigenvalue weighted by Crippen LogP contribution is 2.34. The average molecular weight is 480 g/mol. The molecule has 1 atom stereocenters. The SMILES string of the molecule is CCCCC1=NC(c2ccncc2)=N[N+]1(C)c1ccc(-c2ccccc2/C=C2\OC(=O)C=C2O)cc1. The van der Waals surface area contributed by atoms with Gasteiger partial charge in [0.2, 0.25) is 11.7 Å². The van der Waals surface area contributed by atoms with E-state index in [1.807, 2.05) is 36.4 Å². The van der Waals surface area contributed by atoms with Crippen LogP contribution in [0.25, 0.3) is 17.2 Å². The Balaban J connectivity index is 1.49. The molecule has 0 amide bonds. The minimum atomic E-state index is -0.574. The van der Waals surface area contributed by atoms with Gasteiger partial charge in [-0.25, -0.2) is 4.79 Å². The van der Waals surface area contributed by atoms with Crippen LogP contribution in [0.1, 0.15) is 37.3 Å². The van der Waals surface area contributed by atoms with E-state index in [1.165, 1.54) is 0 Å². The number of esters is 1. The number of quaternary nitrogens is 1. The molecule has 0 bridgehead atoms. The van der Waals surface area contributed by atoms with Crippen molar-refractivity contribution in [2.24, 2.45) is 10.1 Å². The second-order valence-corrected chi connectivity index (χ2v) is 8.84. The Morgan fingerprint density at radius 2 is 1.75 bits per heavy atom. The van der Waals surface area contributed by atoms with Crippen LogP contribution in [0, 0.1) is 0 Å². The first-order valence-corrected chi connectivity index (χ1v) is 12.0. The van der Waals surface area contributed by atoms with Gasteiger partial charge in [0.05, 0.1) is 6.08 Å². The van der Waals surface area contributed by atoms with Crippen molar-refractivity contribution in [1.29, 1.82) is 0 Å². The van der Waals surface area contributed by atoms with Gasteiger partial charge in [0.25, 0.3) is 0 Å². The summed E-state index contributed by atoms with van der Waals surface area (Å²) < 4.78 is 5.38. The van der Waals surface area contributed by atoms with Crippen LogP contribution < -0.4 is 4.59 Å². The molecule has 0 fully saturated rings. The number of ether oxygens (including phenoxy) is 1. The largest absolute Gasteiger partial charge is 0.504 e. The summed E-state index contributed by atoms with van der Waals surface area (Å²) in [6, 6.07) is 19.9. The monoisotopic (exact) mass is 479 g/mol. The smallest absolute Gasteiger partial charge is 0.340 e. The molecule has 0 saturated carbocycles. The summed E-state index contributed by atoms with van der Waals surface area (Å²) in [6.45, 7) is 2.17. The number of aliphatic hydroxyl groups excluding tert-OH is 1. The van der Waals surface area contributed by atoms with Gasteiger partial charge < -0.3 is 9.84 Å². The molecule has 3 heterocycles. The predicted octanol–water partition coefficient (Wildman–Crippen LogP) is 5.99. The third kappa shape index (κ3) is 4.48. The number of hydrogen-bond acceptors (Lipinski definition) is 6. The van der Waals surface area contributed by atoms with Crippen molar-refractivity contribution in [2.75, 3.05) is 7.05 Å². The van der Waals surface area contributed by atoms with Gasteiger partial charge in [0.15, 0.2) is 17.2 Å². The number of carbonyl (C=O) groups is 1. The first-order valence-electron chi connectivity index (χ1n) is 12.0. The lowest BCUT2D eigenvalue weighted by Gasteiger charge is -2.24. The summed E-state index contributed by atoms with van der Waals surface area (Å²) in [6.07, 6.45) is 9.24. The molecule has 2 aromatic carbocycles. The number of aliphatic imine (C=N–C) groups is 1. The standard InChI is InChI=1S/C29H26N4O3/c1-3-4-9-27-31-29(21-14-16-30-17-15-21)32-33(27,2)23-12-10-20(11-13-23)24-8-6-5-7-22(24)18-26-25(34)19-28(35)36-26/h5-8,10-19H,3-4,9H2,1-2H3/p+1/b26-18-. The third-order valence-corrected chi connectivity index (χ3v) is 6.37. The Morgan fingerprint density at radius 3 is 2.44 bits per heavy atom. The second-order valence-electron chi connectivity index (χ2n) is 8.84. The molecular weight excluding hydrogens is 452 g/mol. The van der Waals surface area contributed by atoms with E-state index in [9.17, 15) is 9.90 Å². The number of aromatic nitrogens is 1. The van der Waals surface area contributed by atoms with Gasteiger partial charge in [-0.1, -0.05) is 37.6 Å². The summed E-state index contributed by atoms with van der Waals surface area (Å²) >= 11 is 0. The Bertz CT molecular complexity index is 1420. The molecule has 7 heteroatoms. The fourth-order valence-corrected chi connectivity index (χ4v) is 4.36. The van der Waals surface area contributed by atoms with Gasteiger partial charge in [-0.05, 0) is 58.6 Å². The zero-order chi connectivity index (χ0) is 25.1. The Labute approximate surface area is 210 Å². The molecule has 0 radical (unpaired) electrons. The van der Waals surface area contributed by atoms with Crippen LogP contribution in [-0.4, -0.2) is 34.8 Å². The number of amidine groups is 2. The highest BCUT2D eigenvalue weighted by atomic mass is 16.6. The fraction of sp³-hybridized carbons (Fsp3) is 0.172. The Kier molecular flexibility index (Phi) is 6.31. The Morgan fingerprint density at radius 1 is 1.00 bits per heavy atom. The van der Waals surface area contributed by atoms with Gasteiger partial charge in [0, 0.05) is 36.5 Å². The molecule has 5 rings (SSSR count). The minimum absolute atomic E-state index is 0.147. The molecule has 1 unspecified atom stereocenters. The number of unbranched alkanes of at least 4 members (excludes halogenated alkanes) is 1. The number of nitrogens with zero attached hydrogens (tertiary/aromatic N) is 4. The molecule has 2 aliphatic heterocycles. The maximum atomic E-state index is 11.5. The number of hydrogen-bond donors (Lipinski definition) is 1. The molecule has 3 aromatic rings. The summed E-state index contributed by atoms with van der Waals surface area (Å²) in [5.74, 6) is 1.13. The van der Waals surface area contributed by atoms with Gasteiger partial charge in [-0.2, -0.15) is 4.99 Å². The van der Waals surface area contributed by atoms with Crippen LogP contribution in [0.2, 0.25) is 0 Å². The maximum Gasteiger partial charge on any atom is 0.340 e. The first-order chi connectivity index (χ1) is 17.5. The molecular formula is C29H27N4O3+. The fourth-order valence-electron chi connectivity index (χ4n) is 4.36. The summed E-state index contributed by atoms with van der Waals surface area (Å²) in [4.78, 5) is 20.5. The molecule has 1 aromatic heterocycles. The summed E-state index contributed by atoms with van der Waals surface area (Å²) in [5, 5.41) is 15.0. The van der Waals surface area contributed by atoms with E-state index in [-0.39, 0.29) is 16.1 Å². The first kappa shape index (κ1) is 23.4. The van der Waals surface area contributed by atoms with E-state index in [2.05, 4.69) is 43.2 Å². The number of rotatable bonds is 7. The van der Waals surface area contributed by atoms with E-state index in [0.717, 1.165) is 59.1 Å². The van der Waals surface area contributed by atoms with Crippen LogP contribution >= 0.6 is 0 Å². The lowest BCUT2D eigenvalue weighted by atomic mass is 9.98. The van der Waals surface area contributed by atoms with Gasteiger partial charge in [0.1, 0.15) is 7.05 Å². The molecule has 0 aliphatic carbocycles. The van der Waals surface area contributed by atoms with E-state index < -0.39 is 5.97 Å². The molecule has 1 N–H and O–H groups in total. The molecule has 36 heavy (non-hydrogen) atoms. The topological polar surface area (TPSA) is 84.1 Å². The van der Waals surface area contributed by atoms with Crippen molar-refractivity contribution in [3.05, 3.63) is 102 Å². The average Bonchev–Trinajstić information content (AvgIpc) is 3.41. The lowest BCUT2D eigenvalue weighted by molar-refractivity contribution is -0.132. The third-order valence-electron chi connectivity index (χ3n) is 6.37. The number of cyclic esters (lactones) is 1. The molecule has 180 valence electrons. The van der Waals surface area contributed by atoms with Crippen LogP contribution in [0.5, 0.6) is 0 Å². The number of pyridine rings is 1. The summed E-state index contributed by atoms with van der Waals surface area (Å²) in [7, 11) is 2.07. The number of aliphatic hydroxyl groups is 1. The molecule has 0 saturated heterocycles. The molecule has 7 nitrogen and oxygen atoms in total. The zero-order valence-electron chi connectivity index (χ0n) is 20.3. The quantitative estimate of drug-likeness (QED) is 0.333. The van der Waals surface area contributed by atoms with Gasteiger partial charge in [-0.3, -0.25) is 4.98 Å². The number of carbonyl (C=O) groups excluding carboxylic acids is 1. The van der Waals surface area contributed by atoms with Crippen LogP contribution in [-0.2, 0) is 9.53 Å². The molecule has 0 spiro atoms. The van der Waals surface area contributed by atoms with E-state index in [0.29, 0.717) is 5.84 Å². The number of benzene rings is 2. The van der Waals surface area contributed by atoms with E-state index in [4.69, 9.17) is 14.8 Å². The Hall–Kier alpha value is -4.36. The normalized spacial score (nSPS) is 20.2. The van der Waals surface area contributed by atoms with Crippen molar-refractivity contribution in [2.45, 2.75) is 26.2 Å². The van der Waals surface area contributed by atoms with E-state index in [1.54, 1.807) is 18.5 Å². The van der Waals surface area contributed by atoms with Crippen molar-refractivity contribution in [3.63, 3.8) is 0 Å². The van der Waals surface area contributed by atoms with Crippen molar-refractivity contribution in [3.8, 4) is 11.1 Å². The van der Waals surface area contributed by atoms with Crippen LogP contribution in [0.15, 0.2) is 101 Å². The van der Waals surface area contributed by atoms with Gasteiger partial charge in [-0.15, -0.1) is 4.59 Å². The van der Waals surface area contributed by atoms with Gasteiger partial charge >= 0.3 is 5.97 Å². The highest BCUT2D eigenvalue weighted by molar-refractivity contribution is 6.13. The van der Waals surface area contributed by atoms with Crippen molar-refractivity contribution in [1.82, 2.24) is 9.58 Å². The summed E-state index contributed by atoms with van der Waals surface area (Å²) in [5.41, 5.74) is 4.75. The van der Waals surface area contributed by atoms with Crippen LogP contribution in [0.4, 0.5) is 5.69 Å². The zero-order valence-corrected chi connectivity index (χ0v) is 20.3. The predicted molar refractivity (Wildman–Crippen MR) is 142 cm³/mol. The van der Waals surface area contributed by atoms with E-state index >= 15 is 0 Å². The lowest BCUT2D eigenvalue weighted by Crippen LogP contribution is -2.43. The van der Waals surface area contributed by atoms with Crippen molar-refractivity contribution < 1.29 is 14.6 Å². The minimum Gasteiger partial charge on any atom is -0.504 e. The van der Waals surface area contributed by atoms with Crippen LogP contribution in [0.3, 0.4) is 0 Å². The maximum absolute atomic E-state index is 11.5. The van der Waals surface area contributed by atoms with Crippen molar-refractivity contribution >= 4 is 29.4 Å². The second kappa shape index (κ2) is 9.71. The highest BCUT2D eigenvalue weighted by Gasteiger charge is 2.38.